The molecule has 0 aliphatic heterocycles. The van der Waals surface area contributed by atoms with Crippen molar-refractivity contribution in [1.82, 2.24) is 9.97 Å². The van der Waals surface area contributed by atoms with Crippen molar-refractivity contribution in [3.63, 3.8) is 0 Å². The average Bonchev–Trinajstić information content (AvgIpc) is 2.68. The van der Waals surface area contributed by atoms with Gasteiger partial charge in [0, 0.05) is 0 Å². The number of nitrogens with one attached hydrogen (secondary N) is 2. The highest BCUT2D eigenvalue weighted by molar-refractivity contribution is 7.92. The fraction of sp³-hybridized carbons (Fsp3) is 0.500. The molecule has 2 N–H and O–H groups in total. The summed E-state index contributed by atoms with van der Waals surface area (Å²) in [6, 6.07) is 3.90. The second-order valence-electron chi connectivity index (χ2n) is 6.00. The molecule has 1 aromatic heterocycles. The first-order chi connectivity index (χ1) is 9.12. The molecule has 20 heavy (non-hydrogen) atoms. The number of aromatic nitrogens is 2. The fourth-order valence-corrected chi connectivity index (χ4v) is 2.63. The van der Waals surface area contributed by atoms with Crippen molar-refractivity contribution < 1.29 is 8.42 Å². The van der Waals surface area contributed by atoms with Crippen LogP contribution in [-0.2, 0) is 15.4 Å². The molecule has 1 aromatic carbocycles. The SMILES string of the molecule is CCS(=O)(=O)Nc1cc(C(C)(C)C)cc2[nH]c(C)nc12. The van der Waals surface area contributed by atoms with Gasteiger partial charge in [-0.2, -0.15) is 0 Å². The maximum Gasteiger partial charge on any atom is 0.232 e. The number of hydrogen-bond donors (Lipinski definition) is 2. The molecule has 6 heteroatoms. The lowest BCUT2D eigenvalue weighted by molar-refractivity contribution is 0.590. The topological polar surface area (TPSA) is 74.8 Å². The minimum Gasteiger partial charge on any atom is -0.342 e. The number of benzene rings is 1. The van der Waals surface area contributed by atoms with E-state index in [4.69, 9.17) is 0 Å². The Morgan fingerprint density at radius 2 is 1.95 bits per heavy atom. The van der Waals surface area contributed by atoms with Gasteiger partial charge in [-0.25, -0.2) is 13.4 Å². The molecule has 0 spiro atoms. The highest BCUT2D eigenvalue weighted by Crippen LogP contribution is 2.31. The Kier molecular flexibility index (Phi) is 3.54. The number of imidazole rings is 1. The minimum absolute atomic E-state index is 0.0393. The molecule has 0 aliphatic carbocycles. The average molecular weight is 295 g/mol. The van der Waals surface area contributed by atoms with Gasteiger partial charge >= 0.3 is 0 Å². The van der Waals surface area contributed by atoms with Gasteiger partial charge in [-0.05, 0) is 37.0 Å². The number of anilines is 1. The van der Waals surface area contributed by atoms with Crippen LogP contribution in [-0.4, -0.2) is 24.1 Å². The molecule has 0 atom stereocenters. The largest absolute Gasteiger partial charge is 0.342 e. The van der Waals surface area contributed by atoms with Crippen LogP contribution in [0, 0.1) is 6.92 Å². The van der Waals surface area contributed by atoms with Crippen LogP contribution in [0.2, 0.25) is 0 Å². The highest BCUT2D eigenvalue weighted by atomic mass is 32.2. The van der Waals surface area contributed by atoms with Crippen LogP contribution in [0.25, 0.3) is 11.0 Å². The molecular formula is C14H21N3O2S. The van der Waals surface area contributed by atoms with E-state index < -0.39 is 10.0 Å². The summed E-state index contributed by atoms with van der Waals surface area (Å²) in [5, 5.41) is 0. The Morgan fingerprint density at radius 3 is 2.50 bits per heavy atom. The predicted molar refractivity (Wildman–Crippen MR) is 82.6 cm³/mol. The molecule has 0 amide bonds. The summed E-state index contributed by atoms with van der Waals surface area (Å²) >= 11 is 0. The Hall–Kier alpha value is -1.56. The zero-order valence-electron chi connectivity index (χ0n) is 12.5. The summed E-state index contributed by atoms with van der Waals surface area (Å²) in [4.78, 5) is 7.54. The molecule has 5 nitrogen and oxygen atoms in total. The molecule has 0 radical (unpaired) electrons. The highest BCUT2D eigenvalue weighted by Gasteiger charge is 2.19. The number of rotatable bonds is 3. The van der Waals surface area contributed by atoms with Gasteiger partial charge in [0.15, 0.2) is 0 Å². The summed E-state index contributed by atoms with van der Waals surface area (Å²) in [7, 11) is -3.32. The number of sulfonamides is 1. The molecule has 0 aliphatic rings. The van der Waals surface area contributed by atoms with Crippen molar-refractivity contribution in [2.24, 2.45) is 0 Å². The molecule has 0 bridgehead atoms. The van der Waals surface area contributed by atoms with Gasteiger partial charge in [0.25, 0.3) is 0 Å². The molecule has 0 saturated heterocycles. The van der Waals surface area contributed by atoms with Crippen LogP contribution in [0.15, 0.2) is 12.1 Å². The van der Waals surface area contributed by atoms with Crippen molar-refractivity contribution in [3.05, 3.63) is 23.5 Å². The van der Waals surface area contributed by atoms with E-state index in [1.54, 1.807) is 6.92 Å². The normalized spacial score (nSPS) is 12.8. The summed E-state index contributed by atoms with van der Waals surface area (Å²) in [5.41, 5.74) is 3.04. The van der Waals surface area contributed by atoms with Gasteiger partial charge in [0.05, 0.1) is 17.0 Å². The van der Waals surface area contributed by atoms with Gasteiger partial charge in [0.1, 0.15) is 11.3 Å². The van der Waals surface area contributed by atoms with Crippen LogP contribution >= 0.6 is 0 Å². The lowest BCUT2D eigenvalue weighted by Gasteiger charge is -2.20. The zero-order valence-corrected chi connectivity index (χ0v) is 13.4. The lowest BCUT2D eigenvalue weighted by atomic mass is 9.86. The van der Waals surface area contributed by atoms with Gasteiger partial charge in [-0.1, -0.05) is 20.8 Å². The number of hydrogen-bond acceptors (Lipinski definition) is 3. The number of aryl methyl sites for hydroxylation is 1. The van der Waals surface area contributed by atoms with E-state index in [0.717, 1.165) is 16.9 Å². The Morgan fingerprint density at radius 1 is 1.30 bits per heavy atom. The van der Waals surface area contributed by atoms with E-state index in [0.29, 0.717) is 11.2 Å². The quantitative estimate of drug-likeness (QED) is 0.914. The molecular weight excluding hydrogens is 274 g/mol. The second kappa shape index (κ2) is 4.77. The monoisotopic (exact) mass is 295 g/mol. The summed E-state index contributed by atoms with van der Waals surface area (Å²) in [6.45, 7) is 9.75. The molecule has 2 rings (SSSR count). The molecule has 1 heterocycles. The Bertz CT molecular complexity index is 740. The maximum absolute atomic E-state index is 11.8. The number of aromatic amines is 1. The van der Waals surface area contributed by atoms with E-state index >= 15 is 0 Å². The van der Waals surface area contributed by atoms with Crippen molar-refractivity contribution >= 4 is 26.7 Å². The summed E-state index contributed by atoms with van der Waals surface area (Å²) < 4.78 is 26.3. The molecule has 0 saturated carbocycles. The third kappa shape index (κ3) is 2.95. The first kappa shape index (κ1) is 14.8. The van der Waals surface area contributed by atoms with Crippen LogP contribution in [0.5, 0.6) is 0 Å². The molecule has 2 aromatic rings. The van der Waals surface area contributed by atoms with E-state index in [2.05, 4.69) is 35.5 Å². The third-order valence-electron chi connectivity index (χ3n) is 3.22. The van der Waals surface area contributed by atoms with Crippen LogP contribution in [0.1, 0.15) is 39.1 Å². The molecule has 110 valence electrons. The Labute approximate surface area is 119 Å². The van der Waals surface area contributed by atoms with E-state index in [1.807, 2.05) is 19.1 Å². The zero-order chi connectivity index (χ0) is 15.1. The Balaban J connectivity index is 2.67. The first-order valence-electron chi connectivity index (χ1n) is 6.64. The first-order valence-corrected chi connectivity index (χ1v) is 8.29. The number of fused-ring (bicyclic) bond motifs is 1. The van der Waals surface area contributed by atoms with Gasteiger partial charge in [-0.3, -0.25) is 4.72 Å². The van der Waals surface area contributed by atoms with Crippen molar-refractivity contribution in [2.75, 3.05) is 10.5 Å². The van der Waals surface area contributed by atoms with Gasteiger partial charge in [0.2, 0.25) is 10.0 Å². The minimum atomic E-state index is -3.32. The van der Waals surface area contributed by atoms with E-state index in [1.165, 1.54) is 0 Å². The number of H-pyrrole nitrogens is 1. The van der Waals surface area contributed by atoms with Crippen LogP contribution in [0.3, 0.4) is 0 Å². The van der Waals surface area contributed by atoms with Crippen molar-refractivity contribution in [1.29, 1.82) is 0 Å². The summed E-state index contributed by atoms with van der Waals surface area (Å²) in [5.74, 6) is 0.806. The van der Waals surface area contributed by atoms with E-state index in [9.17, 15) is 8.42 Å². The van der Waals surface area contributed by atoms with Crippen LogP contribution in [0.4, 0.5) is 5.69 Å². The van der Waals surface area contributed by atoms with Crippen LogP contribution < -0.4 is 4.72 Å². The maximum atomic E-state index is 11.8. The second-order valence-corrected chi connectivity index (χ2v) is 8.01. The van der Waals surface area contributed by atoms with Crippen molar-refractivity contribution in [2.45, 2.75) is 40.0 Å². The van der Waals surface area contributed by atoms with Gasteiger partial charge in [-0.15, -0.1) is 0 Å². The lowest BCUT2D eigenvalue weighted by Crippen LogP contribution is -2.17. The van der Waals surface area contributed by atoms with E-state index in [-0.39, 0.29) is 11.2 Å². The number of nitrogens with zero attached hydrogens (tertiary/aromatic N) is 1. The smallest absolute Gasteiger partial charge is 0.232 e. The summed E-state index contributed by atoms with van der Waals surface area (Å²) in [6.07, 6.45) is 0. The molecule has 0 unspecified atom stereocenters. The third-order valence-corrected chi connectivity index (χ3v) is 4.51. The predicted octanol–water partition coefficient (Wildman–Crippen LogP) is 2.93. The molecule has 0 fully saturated rings. The fourth-order valence-electron chi connectivity index (χ4n) is 1.99. The van der Waals surface area contributed by atoms with Crippen molar-refractivity contribution in [3.8, 4) is 0 Å². The standard InChI is InChI=1S/C14H21N3O2S/c1-6-20(18,19)17-12-8-10(14(3,4)5)7-11-13(12)16-9(2)15-11/h7-8,17H,6H2,1-5H3,(H,15,16). The van der Waals surface area contributed by atoms with Gasteiger partial charge < -0.3 is 4.98 Å².